The zero-order valence-electron chi connectivity index (χ0n) is 14.8. The standard InChI is InChI=1S/C21H16N2O3S/c1-12(2)13-8-9-14-16(11-13)23-19-15(20(14)24)5-3-6-17(19)27(25,26)18-7-4-10-22-21(18)23/h3-12H,1-2H3. The molecule has 0 aliphatic carbocycles. The van der Waals surface area contributed by atoms with Gasteiger partial charge in [-0.15, -0.1) is 0 Å². The molecule has 0 bridgehead atoms. The number of para-hydroxylation sites is 1. The van der Waals surface area contributed by atoms with E-state index in [0.29, 0.717) is 27.6 Å². The molecule has 0 amide bonds. The van der Waals surface area contributed by atoms with Crippen LogP contribution in [0.2, 0.25) is 0 Å². The van der Waals surface area contributed by atoms with Gasteiger partial charge in [0, 0.05) is 17.0 Å². The molecule has 0 atom stereocenters. The Bertz CT molecular complexity index is 1430. The molecular weight excluding hydrogens is 360 g/mol. The summed E-state index contributed by atoms with van der Waals surface area (Å²) in [6, 6.07) is 13.8. The van der Waals surface area contributed by atoms with Crippen LogP contribution in [0.4, 0.5) is 0 Å². The molecule has 0 spiro atoms. The lowest BCUT2D eigenvalue weighted by Crippen LogP contribution is -2.21. The minimum absolute atomic E-state index is 0.148. The Morgan fingerprint density at radius 1 is 0.963 bits per heavy atom. The Labute approximate surface area is 155 Å². The molecule has 0 saturated heterocycles. The number of hydrogen-bond acceptors (Lipinski definition) is 4. The summed E-state index contributed by atoms with van der Waals surface area (Å²) in [6.07, 6.45) is 1.57. The summed E-state index contributed by atoms with van der Waals surface area (Å²) >= 11 is 0. The topological polar surface area (TPSA) is 69.0 Å². The minimum Gasteiger partial charge on any atom is -0.291 e. The fourth-order valence-corrected chi connectivity index (χ4v) is 5.39. The fourth-order valence-electron chi connectivity index (χ4n) is 3.80. The minimum atomic E-state index is -3.74. The third-order valence-electron chi connectivity index (χ3n) is 5.18. The third-order valence-corrected chi connectivity index (χ3v) is 6.99. The van der Waals surface area contributed by atoms with Gasteiger partial charge in [0.05, 0.1) is 15.9 Å². The van der Waals surface area contributed by atoms with Crippen LogP contribution in [0.3, 0.4) is 0 Å². The molecule has 5 rings (SSSR count). The van der Waals surface area contributed by atoms with E-state index in [1.807, 2.05) is 22.8 Å². The van der Waals surface area contributed by atoms with E-state index in [2.05, 4.69) is 18.8 Å². The maximum atomic E-state index is 13.1. The monoisotopic (exact) mass is 376 g/mol. The predicted octanol–water partition coefficient (Wildman–Crippen LogP) is 3.81. The number of pyridine rings is 2. The molecule has 0 unspecified atom stereocenters. The van der Waals surface area contributed by atoms with E-state index in [0.717, 1.165) is 5.56 Å². The molecule has 0 saturated carbocycles. The number of aromatic nitrogens is 2. The first kappa shape index (κ1) is 16.2. The van der Waals surface area contributed by atoms with E-state index in [1.54, 1.807) is 36.5 Å². The molecule has 4 aromatic rings. The van der Waals surface area contributed by atoms with Gasteiger partial charge in [-0.05, 0) is 47.9 Å². The molecule has 3 heterocycles. The SMILES string of the molecule is CC(C)c1ccc2c(=O)c3cccc4c3n(c2c1)-c1ncccc1S4(=O)=O. The van der Waals surface area contributed by atoms with Gasteiger partial charge in [0.25, 0.3) is 0 Å². The molecule has 0 radical (unpaired) electrons. The van der Waals surface area contributed by atoms with E-state index in [4.69, 9.17) is 0 Å². The van der Waals surface area contributed by atoms with Crippen LogP contribution in [-0.2, 0) is 9.84 Å². The van der Waals surface area contributed by atoms with E-state index < -0.39 is 9.84 Å². The van der Waals surface area contributed by atoms with Crippen LogP contribution in [0.1, 0.15) is 25.3 Å². The lowest BCUT2D eigenvalue weighted by atomic mass is 10.00. The summed E-state index contributed by atoms with van der Waals surface area (Å²) in [5.41, 5.74) is 2.00. The summed E-state index contributed by atoms with van der Waals surface area (Å²) in [4.78, 5) is 17.8. The molecule has 6 heteroatoms. The second-order valence-electron chi connectivity index (χ2n) is 7.08. The number of rotatable bonds is 1. The number of fused-ring (bicyclic) bond motifs is 4. The average Bonchev–Trinajstić information content (AvgIpc) is 2.67. The van der Waals surface area contributed by atoms with Crippen molar-refractivity contribution in [2.75, 3.05) is 0 Å². The Kier molecular flexibility index (Phi) is 3.16. The number of benzene rings is 2. The molecule has 0 N–H and O–H groups in total. The van der Waals surface area contributed by atoms with Crippen molar-refractivity contribution in [3.8, 4) is 5.82 Å². The van der Waals surface area contributed by atoms with Gasteiger partial charge in [-0.1, -0.05) is 26.0 Å². The molecular formula is C21H16N2O3S. The fraction of sp³-hybridized carbons (Fsp3) is 0.143. The summed E-state index contributed by atoms with van der Waals surface area (Å²) in [5, 5.41) is 0.942. The van der Waals surface area contributed by atoms with Gasteiger partial charge >= 0.3 is 0 Å². The first-order valence-electron chi connectivity index (χ1n) is 8.73. The van der Waals surface area contributed by atoms with Crippen molar-refractivity contribution in [1.82, 2.24) is 9.55 Å². The largest absolute Gasteiger partial charge is 0.291 e. The second-order valence-corrected chi connectivity index (χ2v) is 8.96. The predicted molar refractivity (Wildman–Crippen MR) is 104 cm³/mol. The summed E-state index contributed by atoms with van der Waals surface area (Å²) in [6.45, 7) is 4.16. The van der Waals surface area contributed by atoms with Gasteiger partial charge in [0.2, 0.25) is 9.84 Å². The normalized spacial score (nSPS) is 14.6. The van der Waals surface area contributed by atoms with Gasteiger partial charge in [-0.3, -0.25) is 9.36 Å². The van der Waals surface area contributed by atoms with Crippen LogP contribution in [-0.4, -0.2) is 18.0 Å². The Balaban J connectivity index is 2.15. The van der Waals surface area contributed by atoms with Crippen LogP contribution in [0.25, 0.3) is 27.6 Å². The molecule has 1 aliphatic rings. The highest BCUT2D eigenvalue weighted by Crippen LogP contribution is 2.38. The van der Waals surface area contributed by atoms with Gasteiger partial charge < -0.3 is 0 Å². The van der Waals surface area contributed by atoms with Crippen LogP contribution in [0.5, 0.6) is 0 Å². The summed E-state index contributed by atoms with van der Waals surface area (Å²) < 4.78 is 28.1. The number of hydrogen-bond donors (Lipinski definition) is 0. The molecule has 1 aliphatic heterocycles. The Morgan fingerprint density at radius 3 is 2.52 bits per heavy atom. The average molecular weight is 376 g/mol. The van der Waals surface area contributed by atoms with Gasteiger partial charge in [-0.2, -0.15) is 0 Å². The zero-order chi connectivity index (χ0) is 18.9. The Hall–Kier alpha value is -2.99. The molecule has 0 fully saturated rings. The van der Waals surface area contributed by atoms with Crippen molar-refractivity contribution < 1.29 is 8.42 Å². The molecule has 2 aromatic carbocycles. The second kappa shape index (κ2) is 5.27. The van der Waals surface area contributed by atoms with Crippen molar-refractivity contribution in [1.29, 1.82) is 0 Å². The maximum absolute atomic E-state index is 13.1. The highest BCUT2D eigenvalue weighted by atomic mass is 32.2. The quantitative estimate of drug-likeness (QED) is 0.417. The highest BCUT2D eigenvalue weighted by molar-refractivity contribution is 7.92. The number of nitrogens with zero attached hydrogens (tertiary/aromatic N) is 2. The zero-order valence-corrected chi connectivity index (χ0v) is 15.6. The molecule has 2 aromatic heterocycles. The maximum Gasteiger partial charge on any atom is 0.212 e. The first-order valence-corrected chi connectivity index (χ1v) is 10.2. The van der Waals surface area contributed by atoms with Crippen molar-refractivity contribution in [3.05, 3.63) is 70.5 Å². The van der Waals surface area contributed by atoms with E-state index >= 15 is 0 Å². The van der Waals surface area contributed by atoms with Crippen molar-refractivity contribution >= 4 is 31.6 Å². The van der Waals surface area contributed by atoms with E-state index in [1.165, 1.54) is 0 Å². The van der Waals surface area contributed by atoms with Gasteiger partial charge in [0.15, 0.2) is 11.2 Å². The number of sulfone groups is 1. The van der Waals surface area contributed by atoms with Gasteiger partial charge in [-0.25, -0.2) is 13.4 Å². The van der Waals surface area contributed by atoms with Crippen LogP contribution in [0, 0.1) is 0 Å². The van der Waals surface area contributed by atoms with E-state index in [-0.39, 0.29) is 21.1 Å². The highest BCUT2D eigenvalue weighted by Gasteiger charge is 2.33. The van der Waals surface area contributed by atoms with Gasteiger partial charge in [0.1, 0.15) is 4.90 Å². The van der Waals surface area contributed by atoms with Crippen molar-refractivity contribution in [3.63, 3.8) is 0 Å². The lowest BCUT2D eigenvalue weighted by molar-refractivity contribution is 0.594. The third kappa shape index (κ3) is 2.01. The molecule has 5 nitrogen and oxygen atoms in total. The molecule has 134 valence electrons. The van der Waals surface area contributed by atoms with Crippen LogP contribution >= 0.6 is 0 Å². The summed E-state index contributed by atoms with van der Waals surface area (Å²) in [7, 11) is -3.74. The van der Waals surface area contributed by atoms with Crippen LogP contribution < -0.4 is 5.43 Å². The first-order chi connectivity index (χ1) is 12.9. The van der Waals surface area contributed by atoms with E-state index in [9.17, 15) is 13.2 Å². The van der Waals surface area contributed by atoms with Crippen molar-refractivity contribution in [2.24, 2.45) is 0 Å². The smallest absolute Gasteiger partial charge is 0.212 e. The lowest BCUT2D eigenvalue weighted by Gasteiger charge is -2.24. The van der Waals surface area contributed by atoms with Crippen molar-refractivity contribution in [2.45, 2.75) is 29.6 Å². The Morgan fingerprint density at radius 2 is 1.74 bits per heavy atom. The molecule has 27 heavy (non-hydrogen) atoms. The van der Waals surface area contributed by atoms with Crippen LogP contribution in [0.15, 0.2) is 69.3 Å². The summed E-state index contributed by atoms with van der Waals surface area (Å²) in [5.74, 6) is 0.617.